The highest BCUT2D eigenvalue weighted by molar-refractivity contribution is 7.79. The van der Waals surface area contributed by atoms with Crippen molar-refractivity contribution in [2.24, 2.45) is 12.5 Å². The van der Waals surface area contributed by atoms with Crippen LogP contribution in [0.2, 0.25) is 0 Å². The van der Waals surface area contributed by atoms with Crippen LogP contribution in [-0.4, -0.2) is 50.3 Å². The maximum Gasteiger partial charge on any atom is 0.303 e. The first kappa shape index (κ1) is 35.9. The lowest BCUT2D eigenvalue weighted by Gasteiger charge is -2.30. The molecule has 0 bridgehead atoms. The van der Waals surface area contributed by atoms with Gasteiger partial charge in [0.1, 0.15) is 5.75 Å². The molecule has 3 heterocycles. The van der Waals surface area contributed by atoms with Crippen molar-refractivity contribution in [1.29, 1.82) is 0 Å². The highest BCUT2D eigenvalue weighted by atomic mass is 32.2. The van der Waals surface area contributed by atoms with Crippen molar-refractivity contribution in [3.8, 4) is 22.9 Å². The summed E-state index contributed by atoms with van der Waals surface area (Å²) in [5.74, 6) is -0.0868. The van der Waals surface area contributed by atoms with Crippen molar-refractivity contribution >= 4 is 28.0 Å². The van der Waals surface area contributed by atoms with Crippen molar-refractivity contribution < 1.29 is 27.8 Å². The summed E-state index contributed by atoms with van der Waals surface area (Å²) in [6.45, 7) is 8.89. The fourth-order valence-corrected chi connectivity index (χ4v) is 6.54. The second-order valence-electron chi connectivity index (χ2n) is 13.6. The highest BCUT2D eigenvalue weighted by Crippen LogP contribution is 2.40. The average Bonchev–Trinajstić information content (AvgIpc) is 3.70. The van der Waals surface area contributed by atoms with Gasteiger partial charge in [0.2, 0.25) is 0 Å². The Hall–Kier alpha value is -4.42. The number of ether oxygens (including phenoxy) is 1. The Morgan fingerprint density at radius 2 is 1.90 bits per heavy atom. The minimum Gasteiger partial charge on any atom is -0.481 e. The number of carbonyl (C=O) groups is 1. The second-order valence-corrected chi connectivity index (χ2v) is 14.6. The molecule has 0 aliphatic carbocycles. The summed E-state index contributed by atoms with van der Waals surface area (Å²) in [6, 6.07) is 12.9. The molecule has 2 atom stereocenters. The predicted molar refractivity (Wildman–Crippen MR) is 189 cm³/mol. The van der Waals surface area contributed by atoms with Crippen LogP contribution in [0.5, 0.6) is 11.5 Å². The summed E-state index contributed by atoms with van der Waals surface area (Å²) >= 11 is -2.06. The molecule has 10 nitrogen and oxygen atoms in total. The molecule has 12 heteroatoms. The largest absolute Gasteiger partial charge is 0.481 e. The summed E-state index contributed by atoms with van der Waals surface area (Å²) in [6.07, 6.45) is 9.26. The molecule has 5 rings (SSSR count). The number of nitrogens with one attached hydrogen (secondary N) is 1. The number of benzene rings is 2. The van der Waals surface area contributed by atoms with E-state index >= 15 is 4.39 Å². The van der Waals surface area contributed by atoms with Crippen LogP contribution in [0, 0.1) is 11.2 Å². The molecule has 1 unspecified atom stereocenters. The summed E-state index contributed by atoms with van der Waals surface area (Å²) in [5.41, 5.74) is 3.25. The Kier molecular flexibility index (Phi) is 11.0. The molecule has 5 aromatic rings. The lowest BCUT2D eigenvalue weighted by molar-refractivity contribution is -0.136. The topological polar surface area (TPSA) is 143 Å². The Morgan fingerprint density at radius 1 is 1.10 bits per heavy atom. The minimum absolute atomic E-state index is 0.0273. The fraction of sp³-hybridized carbons (Fsp3) is 0.405. The first-order chi connectivity index (χ1) is 23.3. The zero-order valence-electron chi connectivity index (χ0n) is 28.6. The molecule has 0 radical (unpaired) electrons. The second kappa shape index (κ2) is 15.0. The molecular formula is C37H44FN5O5S. The summed E-state index contributed by atoms with van der Waals surface area (Å²) in [4.78, 5) is 23.7. The van der Waals surface area contributed by atoms with E-state index < -0.39 is 28.3 Å². The zero-order valence-corrected chi connectivity index (χ0v) is 29.4. The fourth-order valence-electron chi connectivity index (χ4n) is 6.16. The van der Waals surface area contributed by atoms with Gasteiger partial charge >= 0.3 is 5.97 Å². The summed E-state index contributed by atoms with van der Waals surface area (Å²) < 4.78 is 44.2. The van der Waals surface area contributed by atoms with Crippen LogP contribution in [0.4, 0.5) is 4.39 Å². The van der Waals surface area contributed by atoms with E-state index in [9.17, 15) is 18.7 Å². The quantitative estimate of drug-likeness (QED) is 0.0885. The van der Waals surface area contributed by atoms with Crippen molar-refractivity contribution in [2.45, 2.75) is 78.1 Å². The first-order valence-electron chi connectivity index (χ1n) is 16.5. The van der Waals surface area contributed by atoms with E-state index in [1.807, 2.05) is 19.2 Å². The number of halogens is 1. The number of aromatic amines is 1. The van der Waals surface area contributed by atoms with Gasteiger partial charge in [0, 0.05) is 54.0 Å². The van der Waals surface area contributed by atoms with E-state index in [2.05, 4.69) is 49.8 Å². The SMILES string of the molecule is CCC(C)(C)CCC[C@](C)(c1cccc(CCC(=O)O)c1)c1nc(-c2cncc(Oc3c(F)cc4[nH]ccc4c3CCS(=O)O)c2)n(C)n1. The van der Waals surface area contributed by atoms with Gasteiger partial charge in [-0.2, -0.15) is 5.10 Å². The number of H-pyrrole nitrogens is 1. The number of aromatic nitrogens is 5. The molecule has 0 saturated carbocycles. The molecule has 0 fully saturated rings. The number of rotatable bonds is 16. The summed E-state index contributed by atoms with van der Waals surface area (Å²) in [5, 5.41) is 14.9. The molecule has 0 spiro atoms. The standard InChI is InChI=1S/C37H44FN5O5S/c1-6-36(2,3)15-8-16-37(4,26-10-7-9-24(19-26)11-12-32(44)45)35-41-34(43(5)42-35)25-20-27(23-39-22-25)48-33-29(14-18-49(46)47)28-13-17-40-31(28)21-30(33)38/h7,9-10,13,17,19-23,40H,6,8,11-12,14-16,18H2,1-5H3,(H,44,45)(H,46,47)/t37-/m1/s1. The molecule has 3 N–H and O–H groups in total. The van der Waals surface area contributed by atoms with Crippen LogP contribution in [0.15, 0.2) is 61.1 Å². The molecule has 0 aliphatic heterocycles. The van der Waals surface area contributed by atoms with Gasteiger partial charge < -0.3 is 19.4 Å². The molecule has 0 saturated heterocycles. The third-order valence-electron chi connectivity index (χ3n) is 9.52. The number of nitrogens with zero attached hydrogens (tertiary/aromatic N) is 4. The van der Waals surface area contributed by atoms with Gasteiger partial charge in [-0.25, -0.2) is 18.3 Å². The number of hydrogen-bond acceptors (Lipinski definition) is 6. The van der Waals surface area contributed by atoms with E-state index in [-0.39, 0.29) is 35.5 Å². The Labute approximate surface area is 288 Å². The maximum atomic E-state index is 15.4. The smallest absolute Gasteiger partial charge is 0.303 e. The van der Waals surface area contributed by atoms with Gasteiger partial charge in [-0.3, -0.25) is 9.78 Å². The normalized spacial score (nSPS) is 13.8. The number of pyridine rings is 1. The van der Waals surface area contributed by atoms with Crippen molar-refractivity contribution in [3.05, 3.63) is 89.4 Å². The summed E-state index contributed by atoms with van der Waals surface area (Å²) in [7, 11) is 1.82. The number of carboxylic acid groups (broad SMARTS) is 1. The van der Waals surface area contributed by atoms with E-state index in [4.69, 9.17) is 14.8 Å². The van der Waals surface area contributed by atoms with Gasteiger partial charge in [0.05, 0.1) is 17.4 Å². The number of aliphatic carboxylic acids is 1. The molecule has 49 heavy (non-hydrogen) atoms. The number of hydrogen-bond donors (Lipinski definition) is 3. The molecular weight excluding hydrogens is 646 g/mol. The third-order valence-corrected chi connectivity index (χ3v) is 10.1. The number of aryl methyl sites for hydroxylation is 3. The zero-order chi connectivity index (χ0) is 35.3. The van der Waals surface area contributed by atoms with Gasteiger partial charge in [-0.15, -0.1) is 0 Å². The van der Waals surface area contributed by atoms with Crippen molar-refractivity contribution in [3.63, 3.8) is 0 Å². The van der Waals surface area contributed by atoms with Gasteiger partial charge in [-0.05, 0) is 61.3 Å². The van der Waals surface area contributed by atoms with Crippen LogP contribution in [0.3, 0.4) is 0 Å². The molecule has 260 valence electrons. The average molecular weight is 690 g/mol. The predicted octanol–water partition coefficient (Wildman–Crippen LogP) is 7.98. The van der Waals surface area contributed by atoms with Crippen molar-refractivity contribution in [2.75, 3.05) is 5.75 Å². The first-order valence-corrected chi connectivity index (χ1v) is 17.8. The van der Waals surface area contributed by atoms with E-state index in [0.29, 0.717) is 40.1 Å². The monoisotopic (exact) mass is 689 g/mol. The molecule has 0 amide bonds. The highest BCUT2D eigenvalue weighted by Gasteiger charge is 2.35. The van der Waals surface area contributed by atoms with Crippen LogP contribution < -0.4 is 4.74 Å². The Bertz CT molecular complexity index is 1970. The lowest BCUT2D eigenvalue weighted by Crippen LogP contribution is -2.27. The van der Waals surface area contributed by atoms with E-state index in [1.165, 1.54) is 12.3 Å². The van der Waals surface area contributed by atoms with Gasteiger partial charge in [-0.1, -0.05) is 57.9 Å². The molecule has 2 aromatic carbocycles. The van der Waals surface area contributed by atoms with Gasteiger partial charge in [0.15, 0.2) is 34.3 Å². The number of carboxylic acids is 1. The minimum atomic E-state index is -2.06. The van der Waals surface area contributed by atoms with Crippen molar-refractivity contribution in [1.82, 2.24) is 24.7 Å². The Balaban J connectivity index is 1.50. The van der Waals surface area contributed by atoms with Crippen LogP contribution in [0.25, 0.3) is 22.3 Å². The van der Waals surface area contributed by atoms with Crippen LogP contribution >= 0.6 is 0 Å². The Morgan fingerprint density at radius 3 is 2.63 bits per heavy atom. The number of fused-ring (bicyclic) bond motifs is 1. The maximum absolute atomic E-state index is 15.4. The van der Waals surface area contributed by atoms with Crippen LogP contribution in [-0.2, 0) is 41.2 Å². The van der Waals surface area contributed by atoms with E-state index in [1.54, 1.807) is 29.2 Å². The molecule has 0 aliphatic rings. The third kappa shape index (κ3) is 8.42. The van der Waals surface area contributed by atoms with Gasteiger partial charge in [0.25, 0.3) is 0 Å². The lowest BCUT2D eigenvalue weighted by atomic mass is 9.74. The van der Waals surface area contributed by atoms with E-state index in [0.717, 1.165) is 36.8 Å². The molecule has 3 aromatic heterocycles. The van der Waals surface area contributed by atoms with Crippen LogP contribution in [0.1, 0.15) is 82.3 Å².